The number of rotatable bonds is 5. The van der Waals surface area contributed by atoms with Crippen molar-refractivity contribution in [1.82, 2.24) is 15.1 Å². The zero-order valence-corrected chi connectivity index (χ0v) is 13.7. The molecule has 0 aliphatic heterocycles. The summed E-state index contributed by atoms with van der Waals surface area (Å²) in [5, 5.41) is 7.84. The molecular weight excluding hydrogens is 270 g/mol. The molecule has 1 aliphatic rings. The molecule has 0 radical (unpaired) electrons. The average Bonchev–Trinajstić information content (AvgIpc) is 3.06. The van der Waals surface area contributed by atoms with Gasteiger partial charge >= 0.3 is 0 Å². The first-order valence-corrected chi connectivity index (χ1v) is 8.51. The molecule has 1 fully saturated rings. The second-order valence-electron chi connectivity index (χ2n) is 5.82. The van der Waals surface area contributed by atoms with Crippen LogP contribution in [0.3, 0.4) is 0 Å². The molecule has 0 saturated heterocycles. The van der Waals surface area contributed by atoms with Crippen molar-refractivity contribution in [2.45, 2.75) is 57.2 Å². The Morgan fingerprint density at radius 2 is 2.30 bits per heavy atom. The van der Waals surface area contributed by atoms with E-state index in [4.69, 9.17) is 0 Å². The maximum Gasteiger partial charge on any atom is 0.274 e. The lowest BCUT2D eigenvalue weighted by molar-refractivity contribution is 0.0729. The summed E-state index contributed by atoms with van der Waals surface area (Å²) >= 11 is 2.02. The lowest BCUT2D eigenvalue weighted by atomic mass is 10.1. The molecule has 1 amide bonds. The van der Waals surface area contributed by atoms with E-state index in [0.717, 1.165) is 24.3 Å². The quantitative estimate of drug-likeness (QED) is 0.907. The van der Waals surface area contributed by atoms with Gasteiger partial charge in [-0.25, -0.2) is 0 Å². The van der Waals surface area contributed by atoms with Crippen LogP contribution in [0.1, 0.15) is 62.1 Å². The first kappa shape index (κ1) is 15.4. The molecular formula is C15H25N3OS. The molecule has 0 unspecified atom stereocenters. The van der Waals surface area contributed by atoms with Crippen molar-refractivity contribution in [3.63, 3.8) is 0 Å². The van der Waals surface area contributed by atoms with Crippen LogP contribution in [0.25, 0.3) is 0 Å². The van der Waals surface area contributed by atoms with Crippen molar-refractivity contribution in [3.8, 4) is 0 Å². The summed E-state index contributed by atoms with van der Waals surface area (Å²) in [6.07, 6.45) is 3.45. The largest absolute Gasteiger partial charge is 0.337 e. The highest BCUT2D eigenvalue weighted by Gasteiger charge is 2.31. The van der Waals surface area contributed by atoms with Gasteiger partial charge in [-0.1, -0.05) is 20.8 Å². The minimum Gasteiger partial charge on any atom is -0.337 e. The highest BCUT2D eigenvalue weighted by molar-refractivity contribution is 7.99. The number of hydrogen-bond donors (Lipinski definition) is 1. The third kappa shape index (κ3) is 3.37. The molecule has 112 valence electrons. The summed E-state index contributed by atoms with van der Waals surface area (Å²) in [7, 11) is 1.91. The number of aromatic amines is 1. The van der Waals surface area contributed by atoms with Crippen LogP contribution in [0.5, 0.6) is 0 Å². The predicted molar refractivity (Wildman–Crippen MR) is 84.3 cm³/mol. The van der Waals surface area contributed by atoms with Gasteiger partial charge in [0, 0.05) is 24.0 Å². The van der Waals surface area contributed by atoms with E-state index < -0.39 is 0 Å². The fourth-order valence-corrected chi connectivity index (χ4v) is 3.88. The van der Waals surface area contributed by atoms with Crippen LogP contribution in [0.15, 0.2) is 6.07 Å². The second kappa shape index (κ2) is 6.66. The van der Waals surface area contributed by atoms with Crippen molar-refractivity contribution in [2.75, 3.05) is 12.8 Å². The molecule has 1 aliphatic carbocycles. The Balaban J connectivity index is 1.98. The van der Waals surface area contributed by atoms with Crippen LogP contribution in [-0.2, 0) is 0 Å². The molecule has 1 aromatic rings. The zero-order chi connectivity index (χ0) is 14.7. The fourth-order valence-electron chi connectivity index (χ4n) is 2.74. The summed E-state index contributed by atoms with van der Waals surface area (Å²) in [4.78, 5) is 14.4. The number of hydrogen-bond acceptors (Lipinski definition) is 3. The van der Waals surface area contributed by atoms with Gasteiger partial charge in [0.1, 0.15) is 5.69 Å². The number of nitrogens with zero attached hydrogens (tertiary/aromatic N) is 2. The normalized spacial score (nSPS) is 22.4. The summed E-state index contributed by atoms with van der Waals surface area (Å²) < 4.78 is 0. The molecule has 5 heteroatoms. The number of H-pyrrole nitrogens is 1. The molecule has 20 heavy (non-hydrogen) atoms. The van der Waals surface area contributed by atoms with Crippen LogP contribution in [0.2, 0.25) is 0 Å². The number of aromatic nitrogens is 2. The van der Waals surface area contributed by atoms with Crippen LogP contribution in [0.4, 0.5) is 0 Å². The van der Waals surface area contributed by atoms with Crippen LogP contribution in [0, 0.1) is 0 Å². The van der Waals surface area contributed by atoms with Crippen LogP contribution < -0.4 is 0 Å². The summed E-state index contributed by atoms with van der Waals surface area (Å²) in [6.45, 7) is 6.38. The lowest BCUT2D eigenvalue weighted by Crippen LogP contribution is -2.35. The second-order valence-corrected chi connectivity index (χ2v) is 7.40. The van der Waals surface area contributed by atoms with Gasteiger partial charge in [0.15, 0.2) is 0 Å². The Morgan fingerprint density at radius 1 is 1.55 bits per heavy atom. The summed E-state index contributed by atoms with van der Waals surface area (Å²) in [6, 6.07) is 2.25. The zero-order valence-electron chi connectivity index (χ0n) is 12.8. The maximum absolute atomic E-state index is 12.5. The van der Waals surface area contributed by atoms with Crippen molar-refractivity contribution in [3.05, 3.63) is 17.5 Å². The predicted octanol–water partition coefficient (Wildman–Crippen LogP) is 3.28. The highest BCUT2D eigenvalue weighted by atomic mass is 32.2. The number of carbonyl (C=O) groups is 1. The summed E-state index contributed by atoms with van der Waals surface area (Å²) in [5.41, 5.74) is 1.57. The molecule has 1 heterocycles. The van der Waals surface area contributed by atoms with E-state index in [2.05, 4.69) is 31.0 Å². The van der Waals surface area contributed by atoms with Gasteiger partial charge in [-0.2, -0.15) is 16.9 Å². The number of carbonyl (C=O) groups excluding carboxylic acids is 1. The minimum absolute atomic E-state index is 0.0419. The van der Waals surface area contributed by atoms with Gasteiger partial charge in [0.05, 0.1) is 0 Å². The van der Waals surface area contributed by atoms with E-state index in [0.29, 0.717) is 22.9 Å². The molecule has 2 atom stereocenters. The number of amides is 1. The van der Waals surface area contributed by atoms with E-state index >= 15 is 0 Å². The Morgan fingerprint density at radius 3 is 2.90 bits per heavy atom. The van der Waals surface area contributed by atoms with Crippen LogP contribution >= 0.6 is 11.8 Å². The Labute approximate surface area is 125 Å². The number of nitrogens with one attached hydrogen (secondary N) is 1. The molecule has 0 aromatic carbocycles. The van der Waals surface area contributed by atoms with Crippen LogP contribution in [-0.4, -0.2) is 45.1 Å². The van der Waals surface area contributed by atoms with Gasteiger partial charge in [-0.15, -0.1) is 0 Å². The van der Waals surface area contributed by atoms with E-state index in [-0.39, 0.29) is 5.91 Å². The maximum atomic E-state index is 12.5. The van der Waals surface area contributed by atoms with Gasteiger partial charge in [0.25, 0.3) is 5.91 Å². The Kier molecular flexibility index (Phi) is 5.13. The molecule has 0 bridgehead atoms. The van der Waals surface area contributed by atoms with E-state index in [1.807, 2.05) is 29.8 Å². The average molecular weight is 295 g/mol. The topological polar surface area (TPSA) is 49.0 Å². The third-order valence-corrected chi connectivity index (χ3v) is 5.30. The van der Waals surface area contributed by atoms with E-state index in [9.17, 15) is 4.79 Å². The third-order valence-electron chi connectivity index (χ3n) is 4.07. The number of thioether (sulfide) groups is 1. The van der Waals surface area contributed by atoms with E-state index in [1.165, 1.54) is 6.42 Å². The first-order valence-electron chi connectivity index (χ1n) is 7.47. The van der Waals surface area contributed by atoms with Crippen molar-refractivity contribution < 1.29 is 4.79 Å². The molecule has 1 N–H and O–H groups in total. The standard InChI is InChI=1S/C15H25N3OS/c1-5-20-12-7-6-11(8-12)18(4)15(19)14-9-13(10(2)3)16-17-14/h9-12H,5-8H2,1-4H3,(H,16,17)/t11-,12-/m1/s1. The lowest BCUT2D eigenvalue weighted by Gasteiger charge is -2.23. The molecule has 0 spiro atoms. The molecule has 1 saturated carbocycles. The molecule has 2 rings (SSSR count). The highest BCUT2D eigenvalue weighted by Crippen LogP contribution is 2.32. The SMILES string of the molecule is CCS[C@@H]1CC[C@@H](N(C)C(=O)c2cc(C(C)C)[nH]n2)C1. The van der Waals surface area contributed by atoms with E-state index in [1.54, 1.807) is 0 Å². The summed E-state index contributed by atoms with van der Waals surface area (Å²) in [5.74, 6) is 1.57. The van der Waals surface area contributed by atoms with Crippen molar-refractivity contribution in [2.24, 2.45) is 0 Å². The Bertz CT molecular complexity index is 458. The molecule has 1 aromatic heterocycles. The first-order chi connectivity index (χ1) is 9.52. The van der Waals surface area contributed by atoms with Gasteiger partial charge < -0.3 is 4.90 Å². The Hall–Kier alpha value is -0.970. The van der Waals surface area contributed by atoms with Gasteiger partial charge in [-0.3, -0.25) is 9.89 Å². The smallest absolute Gasteiger partial charge is 0.274 e. The van der Waals surface area contributed by atoms with Crippen molar-refractivity contribution >= 4 is 17.7 Å². The minimum atomic E-state index is 0.0419. The van der Waals surface area contributed by atoms with Gasteiger partial charge in [0.2, 0.25) is 0 Å². The molecule has 4 nitrogen and oxygen atoms in total. The fraction of sp³-hybridized carbons (Fsp3) is 0.733. The van der Waals surface area contributed by atoms with Crippen molar-refractivity contribution in [1.29, 1.82) is 0 Å². The monoisotopic (exact) mass is 295 g/mol. The van der Waals surface area contributed by atoms with Gasteiger partial charge in [-0.05, 0) is 37.0 Å².